The lowest BCUT2D eigenvalue weighted by molar-refractivity contribution is -0.143. The molecule has 9 heteroatoms. The van der Waals surface area contributed by atoms with E-state index in [1.807, 2.05) is 52.1 Å². The summed E-state index contributed by atoms with van der Waals surface area (Å²) in [5.74, 6) is -0.346. The quantitative estimate of drug-likeness (QED) is 0.412. The number of pyridine rings is 1. The lowest BCUT2D eigenvalue weighted by atomic mass is 10.0. The first kappa shape index (κ1) is 21.6. The van der Waals surface area contributed by atoms with Gasteiger partial charge in [0.05, 0.1) is 35.1 Å². The summed E-state index contributed by atoms with van der Waals surface area (Å²) in [6.45, 7) is 2.10. The number of esters is 1. The van der Waals surface area contributed by atoms with Gasteiger partial charge in [-0.2, -0.15) is 0 Å². The van der Waals surface area contributed by atoms with E-state index >= 15 is 0 Å². The molecule has 1 saturated heterocycles. The van der Waals surface area contributed by atoms with Crippen molar-refractivity contribution in [3.05, 3.63) is 82.4 Å². The van der Waals surface area contributed by atoms with Gasteiger partial charge in [0.15, 0.2) is 5.11 Å². The number of hydrogen-bond acceptors (Lipinski definition) is 4. The lowest BCUT2D eigenvalue weighted by Crippen LogP contribution is -2.36. The summed E-state index contributed by atoms with van der Waals surface area (Å²) in [6.07, 6.45) is 3.66. The van der Waals surface area contributed by atoms with Crippen LogP contribution in [0.15, 0.2) is 60.9 Å². The van der Waals surface area contributed by atoms with Crippen molar-refractivity contribution in [2.75, 3.05) is 13.2 Å². The van der Waals surface area contributed by atoms with Crippen LogP contribution in [0.3, 0.4) is 0 Å². The van der Waals surface area contributed by atoms with Crippen LogP contribution in [-0.2, 0) is 9.53 Å². The second-order valence-corrected chi connectivity index (χ2v) is 8.19. The smallest absolute Gasteiger partial charge is 0.325 e. The minimum Gasteiger partial charge on any atom is -0.465 e. The molecule has 0 bridgehead atoms. The highest BCUT2D eigenvalue weighted by Gasteiger charge is 2.42. The molecule has 0 aliphatic carbocycles. The molecule has 0 saturated carbocycles. The molecular weight excluding hydrogens is 455 g/mol. The predicted octanol–water partition coefficient (Wildman–Crippen LogP) is 4.71. The molecule has 0 amide bonds. The summed E-state index contributed by atoms with van der Waals surface area (Å²) in [6, 6.07) is 14.4. The number of carbonyl (C=O) groups is 1. The third-order valence-electron chi connectivity index (χ3n) is 5.06. The molecule has 2 aromatic heterocycles. The van der Waals surface area contributed by atoms with Crippen LogP contribution in [0.1, 0.15) is 30.4 Å². The topological polar surface area (TPSA) is 59.4 Å². The number of nitrogens with zero attached hydrogens (tertiary/aromatic N) is 3. The summed E-state index contributed by atoms with van der Waals surface area (Å²) in [7, 11) is 0. The monoisotopic (exact) mass is 474 g/mol. The number of halogens is 2. The maximum absolute atomic E-state index is 12.3. The average Bonchev–Trinajstić information content (AvgIpc) is 3.33. The van der Waals surface area contributed by atoms with Crippen LogP contribution in [0.2, 0.25) is 10.0 Å². The van der Waals surface area contributed by atoms with E-state index in [2.05, 4.69) is 10.3 Å². The second-order valence-electron chi connectivity index (χ2n) is 6.96. The number of carbonyl (C=O) groups excluding carboxylic acids is 1. The number of hydrogen-bond donors (Lipinski definition) is 1. The number of aromatic nitrogens is 2. The van der Waals surface area contributed by atoms with Gasteiger partial charge >= 0.3 is 5.97 Å². The van der Waals surface area contributed by atoms with Crippen molar-refractivity contribution in [2.45, 2.75) is 19.0 Å². The maximum atomic E-state index is 12.3. The SMILES string of the molecule is CCOC(=O)CN1C(=S)N[C@H](c2ccccn2)[C@H]1c1cccn1-c1ccc(Cl)cc1Cl. The van der Waals surface area contributed by atoms with Gasteiger partial charge in [-0.1, -0.05) is 29.3 Å². The van der Waals surface area contributed by atoms with Gasteiger partial charge in [-0.25, -0.2) is 0 Å². The Balaban J connectivity index is 1.80. The molecule has 1 aliphatic rings. The number of thiocarbonyl (C=S) groups is 1. The molecule has 4 rings (SSSR count). The highest BCUT2D eigenvalue weighted by molar-refractivity contribution is 7.80. The van der Waals surface area contributed by atoms with Gasteiger partial charge in [0.1, 0.15) is 6.54 Å². The highest BCUT2D eigenvalue weighted by Crippen LogP contribution is 2.40. The summed E-state index contributed by atoms with van der Waals surface area (Å²) < 4.78 is 7.16. The van der Waals surface area contributed by atoms with Crippen LogP contribution in [0.5, 0.6) is 0 Å². The van der Waals surface area contributed by atoms with E-state index in [0.29, 0.717) is 21.8 Å². The zero-order valence-electron chi connectivity index (χ0n) is 16.7. The third-order valence-corrected chi connectivity index (χ3v) is 5.95. The van der Waals surface area contributed by atoms with Crippen molar-refractivity contribution >= 4 is 46.5 Å². The zero-order valence-corrected chi connectivity index (χ0v) is 19.0. The summed E-state index contributed by atoms with van der Waals surface area (Å²) in [5, 5.41) is 4.87. The van der Waals surface area contributed by atoms with Crippen LogP contribution in [-0.4, -0.2) is 38.7 Å². The highest BCUT2D eigenvalue weighted by atomic mass is 35.5. The van der Waals surface area contributed by atoms with E-state index in [1.54, 1.807) is 25.3 Å². The summed E-state index contributed by atoms with van der Waals surface area (Å²) >= 11 is 18.2. The molecule has 0 radical (unpaired) electrons. The largest absolute Gasteiger partial charge is 0.465 e. The molecule has 31 heavy (non-hydrogen) atoms. The normalized spacial score (nSPS) is 18.2. The summed E-state index contributed by atoms with van der Waals surface area (Å²) in [4.78, 5) is 18.7. The molecule has 3 heterocycles. The lowest BCUT2D eigenvalue weighted by Gasteiger charge is -2.28. The fourth-order valence-corrected chi connectivity index (χ4v) is 4.58. The fourth-order valence-electron chi connectivity index (χ4n) is 3.77. The summed E-state index contributed by atoms with van der Waals surface area (Å²) in [5.41, 5.74) is 2.49. The van der Waals surface area contributed by atoms with Crippen molar-refractivity contribution in [1.82, 2.24) is 19.8 Å². The van der Waals surface area contributed by atoms with Gasteiger partial charge in [0, 0.05) is 23.1 Å². The van der Waals surface area contributed by atoms with Crippen molar-refractivity contribution in [3.63, 3.8) is 0 Å². The van der Waals surface area contributed by atoms with Crippen molar-refractivity contribution in [3.8, 4) is 5.69 Å². The first-order valence-electron chi connectivity index (χ1n) is 9.76. The standard InChI is InChI=1S/C22H20Cl2N4O2S/c1-2-30-19(29)13-28-21(20(26-22(28)31)16-6-3-4-10-25-16)18-7-5-11-27(18)17-9-8-14(23)12-15(17)24/h3-12,20-21H,2,13H2,1H3,(H,26,31)/t20-,21-/m1/s1. The molecule has 1 fully saturated rings. The van der Waals surface area contributed by atoms with Crippen molar-refractivity contribution in [2.24, 2.45) is 0 Å². The number of rotatable bonds is 6. The van der Waals surface area contributed by atoms with Gasteiger partial charge in [-0.3, -0.25) is 9.78 Å². The Bertz CT molecular complexity index is 1110. The van der Waals surface area contributed by atoms with Crippen LogP contribution in [0.25, 0.3) is 5.69 Å². The van der Waals surface area contributed by atoms with Crippen molar-refractivity contribution in [1.29, 1.82) is 0 Å². The molecule has 1 aliphatic heterocycles. The third kappa shape index (κ3) is 4.39. The van der Waals surface area contributed by atoms with Gasteiger partial charge < -0.3 is 19.5 Å². The van der Waals surface area contributed by atoms with Crippen LogP contribution < -0.4 is 5.32 Å². The van der Waals surface area contributed by atoms with Gasteiger partial charge in [-0.05, 0) is 61.6 Å². The predicted molar refractivity (Wildman–Crippen MR) is 125 cm³/mol. The molecular formula is C22H20Cl2N4O2S. The van der Waals surface area contributed by atoms with Crippen LogP contribution >= 0.6 is 35.4 Å². The van der Waals surface area contributed by atoms with E-state index in [1.165, 1.54) is 0 Å². The van der Waals surface area contributed by atoms with Crippen LogP contribution in [0.4, 0.5) is 0 Å². The fraction of sp³-hybridized carbons (Fsp3) is 0.227. The molecule has 0 unspecified atom stereocenters. The van der Waals surface area contributed by atoms with E-state index in [0.717, 1.165) is 17.1 Å². The number of nitrogens with one attached hydrogen (secondary N) is 1. The van der Waals surface area contributed by atoms with E-state index in [9.17, 15) is 4.79 Å². The van der Waals surface area contributed by atoms with E-state index in [4.69, 9.17) is 40.2 Å². The molecule has 2 atom stereocenters. The number of benzene rings is 1. The Hall–Kier alpha value is -2.61. The Kier molecular flexibility index (Phi) is 6.46. The molecule has 1 aromatic carbocycles. The Morgan fingerprint density at radius 2 is 2.06 bits per heavy atom. The maximum Gasteiger partial charge on any atom is 0.325 e. The minimum absolute atomic E-state index is 0.0210. The molecule has 1 N–H and O–H groups in total. The van der Waals surface area contributed by atoms with E-state index in [-0.39, 0.29) is 24.6 Å². The molecule has 3 aromatic rings. The Labute approximate surface area is 195 Å². The molecule has 0 spiro atoms. The van der Waals surface area contributed by atoms with Gasteiger partial charge in [0.2, 0.25) is 0 Å². The zero-order chi connectivity index (χ0) is 22.0. The van der Waals surface area contributed by atoms with E-state index < -0.39 is 0 Å². The average molecular weight is 475 g/mol. The Morgan fingerprint density at radius 3 is 2.77 bits per heavy atom. The van der Waals surface area contributed by atoms with Crippen molar-refractivity contribution < 1.29 is 9.53 Å². The Morgan fingerprint density at radius 1 is 1.23 bits per heavy atom. The van der Waals surface area contributed by atoms with Gasteiger partial charge in [-0.15, -0.1) is 0 Å². The van der Waals surface area contributed by atoms with Crippen LogP contribution in [0, 0.1) is 0 Å². The van der Waals surface area contributed by atoms with Gasteiger partial charge in [0.25, 0.3) is 0 Å². The molecule has 6 nitrogen and oxygen atoms in total. The first-order valence-corrected chi connectivity index (χ1v) is 10.9. The first-order chi connectivity index (χ1) is 15.0. The molecule has 160 valence electrons. The second kappa shape index (κ2) is 9.26. The minimum atomic E-state index is -0.346. The number of ether oxygens (including phenoxy) is 1.